The van der Waals surface area contributed by atoms with Crippen molar-refractivity contribution in [1.82, 2.24) is 4.90 Å². The molecule has 1 rings (SSSR count). The Morgan fingerprint density at radius 1 is 1.50 bits per heavy atom. The lowest BCUT2D eigenvalue weighted by molar-refractivity contribution is 0.121. The fourth-order valence-electron chi connectivity index (χ4n) is 1.06. The second kappa shape index (κ2) is 3.26. The average molecular weight is 165 g/mol. The normalized spacial score (nSPS) is 17.4. The predicted molar refractivity (Wildman–Crippen MR) is 46.5 cm³/mol. The van der Waals surface area contributed by atoms with Gasteiger partial charge in [-0.15, -0.1) is 0 Å². The van der Waals surface area contributed by atoms with Gasteiger partial charge in [-0.3, -0.25) is 4.90 Å². The fraction of sp³-hybridized carbons (Fsp3) is 0.222. The number of carbonyl (C=O) groups is 1. The SMILES string of the molecule is C=CC1=C(C=C)N(C)C(=O)OC1. The van der Waals surface area contributed by atoms with Crippen molar-refractivity contribution in [2.45, 2.75) is 0 Å². The number of carbonyl (C=O) groups excluding carboxylic acids is 1. The van der Waals surface area contributed by atoms with Gasteiger partial charge in [-0.25, -0.2) is 4.79 Å². The van der Waals surface area contributed by atoms with Crippen LogP contribution in [0.25, 0.3) is 0 Å². The van der Waals surface area contributed by atoms with Crippen molar-refractivity contribution < 1.29 is 9.53 Å². The van der Waals surface area contributed by atoms with E-state index in [1.807, 2.05) is 0 Å². The zero-order chi connectivity index (χ0) is 9.14. The van der Waals surface area contributed by atoms with Crippen LogP contribution in [0.1, 0.15) is 0 Å². The van der Waals surface area contributed by atoms with Gasteiger partial charge in [0.2, 0.25) is 0 Å². The van der Waals surface area contributed by atoms with E-state index >= 15 is 0 Å². The molecule has 3 nitrogen and oxygen atoms in total. The Morgan fingerprint density at radius 2 is 2.17 bits per heavy atom. The first-order valence-corrected chi connectivity index (χ1v) is 3.59. The van der Waals surface area contributed by atoms with Crippen LogP contribution in [0.15, 0.2) is 36.6 Å². The van der Waals surface area contributed by atoms with Crippen molar-refractivity contribution in [3.05, 3.63) is 36.6 Å². The summed E-state index contributed by atoms with van der Waals surface area (Å²) in [5.41, 5.74) is 1.65. The van der Waals surface area contributed by atoms with Crippen molar-refractivity contribution in [2.75, 3.05) is 13.7 Å². The Morgan fingerprint density at radius 3 is 2.67 bits per heavy atom. The van der Waals surface area contributed by atoms with Gasteiger partial charge in [-0.2, -0.15) is 0 Å². The Balaban J connectivity index is 3.07. The van der Waals surface area contributed by atoms with Crippen molar-refractivity contribution in [3.63, 3.8) is 0 Å². The van der Waals surface area contributed by atoms with Gasteiger partial charge in [0.15, 0.2) is 0 Å². The summed E-state index contributed by atoms with van der Waals surface area (Å²) in [4.78, 5) is 12.4. The molecule has 1 heterocycles. The Hall–Kier alpha value is -1.51. The van der Waals surface area contributed by atoms with E-state index in [1.165, 1.54) is 4.90 Å². The van der Waals surface area contributed by atoms with E-state index in [2.05, 4.69) is 13.2 Å². The highest BCUT2D eigenvalue weighted by molar-refractivity contribution is 5.72. The van der Waals surface area contributed by atoms with Gasteiger partial charge in [-0.05, 0) is 6.08 Å². The lowest BCUT2D eigenvalue weighted by Gasteiger charge is -2.25. The van der Waals surface area contributed by atoms with E-state index in [0.29, 0.717) is 0 Å². The van der Waals surface area contributed by atoms with Gasteiger partial charge in [0.1, 0.15) is 6.61 Å². The molecule has 1 aliphatic rings. The maximum absolute atomic E-state index is 11.0. The minimum atomic E-state index is -0.351. The lowest BCUT2D eigenvalue weighted by Crippen LogP contribution is -2.32. The van der Waals surface area contributed by atoms with Crippen LogP contribution in [0.3, 0.4) is 0 Å². The van der Waals surface area contributed by atoms with Crippen molar-refractivity contribution in [3.8, 4) is 0 Å². The summed E-state index contributed by atoms with van der Waals surface area (Å²) in [7, 11) is 1.64. The number of allylic oxidation sites excluding steroid dienone is 1. The molecule has 0 spiro atoms. The number of ether oxygens (including phenoxy) is 1. The fourth-order valence-corrected chi connectivity index (χ4v) is 1.06. The molecular formula is C9H11NO2. The summed E-state index contributed by atoms with van der Waals surface area (Å²) in [6.45, 7) is 7.52. The summed E-state index contributed by atoms with van der Waals surface area (Å²) < 4.78 is 4.84. The number of nitrogens with zero attached hydrogens (tertiary/aromatic N) is 1. The second-order valence-electron chi connectivity index (χ2n) is 2.43. The van der Waals surface area contributed by atoms with Crippen molar-refractivity contribution in [2.24, 2.45) is 0 Å². The third-order valence-corrected chi connectivity index (χ3v) is 1.76. The Kier molecular flexibility index (Phi) is 2.33. The number of likely N-dealkylation sites (N-methyl/N-ethyl adjacent to an activating group) is 1. The van der Waals surface area contributed by atoms with Crippen LogP contribution in [-0.4, -0.2) is 24.6 Å². The average Bonchev–Trinajstić information content (AvgIpc) is 2.09. The van der Waals surface area contributed by atoms with E-state index in [-0.39, 0.29) is 12.7 Å². The van der Waals surface area contributed by atoms with E-state index in [1.54, 1.807) is 19.2 Å². The third kappa shape index (κ3) is 1.25. The maximum atomic E-state index is 11.0. The van der Waals surface area contributed by atoms with Gasteiger partial charge in [0.05, 0.1) is 5.70 Å². The highest BCUT2D eigenvalue weighted by atomic mass is 16.6. The topological polar surface area (TPSA) is 29.5 Å². The summed E-state index contributed by atoms with van der Waals surface area (Å²) >= 11 is 0. The maximum Gasteiger partial charge on any atom is 0.414 e. The standard InChI is InChI=1S/C9H11NO2/c1-4-7-6-12-9(11)10(3)8(7)5-2/h4-5H,1-2,6H2,3H3. The molecule has 0 fully saturated rings. The quantitative estimate of drug-likeness (QED) is 0.623. The van der Waals surface area contributed by atoms with E-state index in [4.69, 9.17) is 4.74 Å². The monoisotopic (exact) mass is 165 g/mol. The van der Waals surface area contributed by atoms with Gasteiger partial charge >= 0.3 is 6.09 Å². The number of cyclic esters (lactones) is 1. The molecule has 0 saturated heterocycles. The molecule has 0 aromatic rings. The van der Waals surface area contributed by atoms with Crippen LogP contribution in [0.2, 0.25) is 0 Å². The predicted octanol–water partition coefficient (Wildman–Crippen LogP) is 1.69. The van der Waals surface area contributed by atoms with Crippen molar-refractivity contribution >= 4 is 6.09 Å². The number of rotatable bonds is 2. The first-order valence-electron chi connectivity index (χ1n) is 3.59. The molecule has 12 heavy (non-hydrogen) atoms. The number of amides is 1. The summed E-state index contributed by atoms with van der Waals surface area (Å²) in [5.74, 6) is 0. The molecule has 3 heteroatoms. The molecule has 0 bridgehead atoms. The summed E-state index contributed by atoms with van der Waals surface area (Å²) in [6, 6.07) is 0. The minimum Gasteiger partial charge on any atom is -0.444 e. The first kappa shape index (κ1) is 8.59. The smallest absolute Gasteiger partial charge is 0.414 e. The van der Waals surface area contributed by atoms with Crippen LogP contribution in [0, 0.1) is 0 Å². The molecule has 0 aromatic carbocycles. The summed E-state index contributed by atoms with van der Waals surface area (Å²) in [5, 5.41) is 0. The molecule has 0 saturated carbocycles. The van der Waals surface area contributed by atoms with Gasteiger partial charge < -0.3 is 4.74 Å². The molecule has 0 atom stereocenters. The second-order valence-corrected chi connectivity index (χ2v) is 2.43. The van der Waals surface area contributed by atoms with E-state index in [0.717, 1.165) is 11.3 Å². The van der Waals surface area contributed by atoms with Gasteiger partial charge in [-0.1, -0.05) is 19.2 Å². The largest absolute Gasteiger partial charge is 0.444 e. The first-order chi connectivity index (χ1) is 5.70. The highest BCUT2D eigenvalue weighted by Crippen LogP contribution is 2.17. The molecule has 1 aliphatic heterocycles. The van der Waals surface area contributed by atoms with Gasteiger partial charge in [0, 0.05) is 12.6 Å². The van der Waals surface area contributed by atoms with Crippen LogP contribution in [-0.2, 0) is 4.74 Å². The van der Waals surface area contributed by atoms with Gasteiger partial charge in [0.25, 0.3) is 0 Å². The zero-order valence-electron chi connectivity index (χ0n) is 7.04. The summed E-state index contributed by atoms with van der Waals surface area (Å²) in [6.07, 6.45) is 2.94. The zero-order valence-corrected chi connectivity index (χ0v) is 7.04. The van der Waals surface area contributed by atoms with Crippen LogP contribution < -0.4 is 0 Å². The molecule has 64 valence electrons. The molecule has 0 radical (unpaired) electrons. The molecule has 1 amide bonds. The third-order valence-electron chi connectivity index (χ3n) is 1.76. The van der Waals surface area contributed by atoms with Crippen LogP contribution >= 0.6 is 0 Å². The van der Waals surface area contributed by atoms with Crippen LogP contribution in [0.5, 0.6) is 0 Å². The molecular weight excluding hydrogens is 154 g/mol. The molecule has 0 N–H and O–H groups in total. The molecule has 0 aliphatic carbocycles. The Bertz CT molecular complexity index is 266. The Labute approximate surface area is 71.6 Å². The van der Waals surface area contributed by atoms with E-state index < -0.39 is 0 Å². The highest BCUT2D eigenvalue weighted by Gasteiger charge is 2.20. The molecule has 0 aromatic heterocycles. The van der Waals surface area contributed by atoms with Crippen LogP contribution in [0.4, 0.5) is 4.79 Å². The van der Waals surface area contributed by atoms with Crippen molar-refractivity contribution in [1.29, 1.82) is 0 Å². The lowest BCUT2D eigenvalue weighted by atomic mass is 10.2. The number of hydrogen-bond donors (Lipinski definition) is 0. The molecule has 0 unspecified atom stereocenters. The van der Waals surface area contributed by atoms with E-state index in [9.17, 15) is 4.79 Å². The number of hydrogen-bond acceptors (Lipinski definition) is 2. The minimum absolute atomic E-state index is 0.286.